The van der Waals surface area contributed by atoms with Gasteiger partial charge in [-0.05, 0) is 55.7 Å². The van der Waals surface area contributed by atoms with Crippen molar-refractivity contribution in [3.8, 4) is 16.9 Å². The van der Waals surface area contributed by atoms with Gasteiger partial charge < -0.3 is 42.4 Å². The Morgan fingerprint density at radius 2 is 1.07 bits per heavy atom. The summed E-state index contributed by atoms with van der Waals surface area (Å²) in [6.07, 6.45) is 0. The van der Waals surface area contributed by atoms with Gasteiger partial charge in [0.2, 0.25) is 0 Å². The van der Waals surface area contributed by atoms with Gasteiger partial charge >= 0.3 is 0 Å². The molecule has 0 fully saturated rings. The van der Waals surface area contributed by atoms with Gasteiger partial charge in [0.05, 0.1) is 107 Å². The van der Waals surface area contributed by atoms with Crippen molar-refractivity contribution in [1.82, 2.24) is 0 Å². The summed E-state index contributed by atoms with van der Waals surface area (Å²) in [5.74, 6) is 0.876. The van der Waals surface area contributed by atoms with Gasteiger partial charge in [-0.2, -0.15) is 0 Å². The minimum Gasteiger partial charge on any atom is -0.491 e. The Labute approximate surface area is 259 Å². The maximum Gasteiger partial charge on any atom is 0.120 e. The molecule has 0 radical (unpaired) electrons. The molecule has 0 aliphatic heterocycles. The first-order valence-electron chi connectivity index (χ1n) is 15.5. The molecule has 0 aliphatic carbocycles. The number of benzene rings is 2. The van der Waals surface area contributed by atoms with Crippen LogP contribution in [0, 0.1) is 13.8 Å². The standard InChI is InChI=1S/C34H56NO8/c1-7-35(4,5)28-31-25-32(34-24-29(2)8-9-30(34)3)27-33(26-31)43-23-22-42-21-20-41-19-18-40-17-16-39-15-14-38-13-12-37-11-10-36-6/h8-9,24-27H,7,10-23,28H2,1-6H3/q+1. The van der Waals surface area contributed by atoms with E-state index >= 15 is 0 Å². The van der Waals surface area contributed by atoms with Gasteiger partial charge in [-0.15, -0.1) is 0 Å². The largest absolute Gasteiger partial charge is 0.491 e. The lowest BCUT2D eigenvalue weighted by atomic mass is 9.96. The zero-order valence-electron chi connectivity index (χ0n) is 27.5. The minimum atomic E-state index is 0.484. The average molecular weight is 607 g/mol. The van der Waals surface area contributed by atoms with Crippen LogP contribution in [0.25, 0.3) is 11.1 Å². The molecular formula is C34H56NO8+. The molecule has 2 aromatic carbocycles. The van der Waals surface area contributed by atoms with Gasteiger partial charge in [0.25, 0.3) is 0 Å². The lowest BCUT2D eigenvalue weighted by molar-refractivity contribution is -0.901. The zero-order chi connectivity index (χ0) is 31.2. The van der Waals surface area contributed by atoms with Crippen LogP contribution < -0.4 is 4.74 Å². The highest BCUT2D eigenvalue weighted by molar-refractivity contribution is 5.70. The number of nitrogens with zero attached hydrogens (tertiary/aromatic N) is 1. The number of hydrogen-bond donors (Lipinski definition) is 0. The second-order valence-electron chi connectivity index (χ2n) is 11.1. The van der Waals surface area contributed by atoms with Crippen LogP contribution in [0.15, 0.2) is 36.4 Å². The predicted octanol–water partition coefficient (Wildman–Crippen LogP) is 4.69. The number of aryl methyl sites for hydroxylation is 2. The quantitative estimate of drug-likeness (QED) is 0.113. The summed E-state index contributed by atoms with van der Waals surface area (Å²) in [5.41, 5.74) is 6.23. The van der Waals surface area contributed by atoms with Crippen molar-refractivity contribution in [2.24, 2.45) is 0 Å². The van der Waals surface area contributed by atoms with E-state index in [0.717, 1.165) is 23.3 Å². The van der Waals surface area contributed by atoms with Crippen LogP contribution in [0.2, 0.25) is 0 Å². The number of quaternary nitrogens is 1. The first-order valence-corrected chi connectivity index (χ1v) is 15.5. The molecule has 9 nitrogen and oxygen atoms in total. The van der Waals surface area contributed by atoms with Crippen molar-refractivity contribution >= 4 is 0 Å². The maximum atomic E-state index is 6.14. The topological polar surface area (TPSA) is 73.8 Å². The Kier molecular flexibility index (Phi) is 19.4. The highest BCUT2D eigenvalue weighted by atomic mass is 16.6. The van der Waals surface area contributed by atoms with Gasteiger partial charge in [-0.1, -0.05) is 23.8 Å². The minimum absolute atomic E-state index is 0.484. The van der Waals surface area contributed by atoms with Gasteiger partial charge in [-0.3, -0.25) is 0 Å². The lowest BCUT2D eigenvalue weighted by Gasteiger charge is -2.28. The molecule has 0 saturated carbocycles. The van der Waals surface area contributed by atoms with Crippen molar-refractivity contribution in [3.63, 3.8) is 0 Å². The molecule has 0 saturated heterocycles. The molecule has 0 heterocycles. The number of methoxy groups -OCH3 is 1. The van der Waals surface area contributed by atoms with E-state index in [0.29, 0.717) is 92.5 Å². The molecular weight excluding hydrogens is 550 g/mol. The molecule has 0 atom stereocenters. The highest BCUT2D eigenvalue weighted by Gasteiger charge is 2.15. The molecule has 0 unspecified atom stereocenters. The molecule has 2 aromatic rings. The predicted molar refractivity (Wildman–Crippen MR) is 170 cm³/mol. The maximum absolute atomic E-state index is 6.14. The van der Waals surface area contributed by atoms with E-state index in [9.17, 15) is 0 Å². The van der Waals surface area contributed by atoms with Crippen molar-refractivity contribution in [3.05, 3.63) is 53.1 Å². The molecule has 0 aromatic heterocycles. The lowest BCUT2D eigenvalue weighted by Crippen LogP contribution is -2.38. The highest BCUT2D eigenvalue weighted by Crippen LogP contribution is 2.30. The summed E-state index contributed by atoms with van der Waals surface area (Å²) in [6.45, 7) is 16.0. The Balaban J connectivity index is 1.55. The van der Waals surface area contributed by atoms with E-state index in [1.807, 2.05) is 0 Å². The molecule has 244 valence electrons. The summed E-state index contributed by atoms with van der Waals surface area (Å²) in [5, 5.41) is 0. The Morgan fingerprint density at radius 3 is 1.56 bits per heavy atom. The van der Waals surface area contributed by atoms with E-state index in [1.165, 1.54) is 27.8 Å². The summed E-state index contributed by atoms with van der Waals surface area (Å²) >= 11 is 0. The third kappa shape index (κ3) is 17.1. The van der Waals surface area contributed by atoms with Gasteiger partial charge in [0, 0.05) is 12.7 Å². The van der Waals surface area contributed by atoms with Crippen LogP contribution in [0.3, 0.4) is 0 Å². The SMILES string of the molecule is CC[N+](C)(C)Cc1cc(OCCOCCOCCOCCOCCOCCOCCOC)cc(-c2cc(C)ccc2C)c1. The normalized spacial score (nSPS) is 11.8. The molecule has 43 heavy (non-hydrogen) atoms. The summed E-state index contributed by atoms with van der Waals surface area (Å²) in [4.78, 5) is 0. The second kappa shape index (κ2) is 22.4. The van der Waals surface area contributed by atoms with Gasteiger partial charge in [-0.25, -0.2) is 0 Å². The Bertz CT molecular complexity index is 1000. The smallest absolute Gasteiger partial charge is 0.120 e. The molecule has 0 bridgehead atoms. The molecule has 2 rings (SSSR count). The van der Waals surface area contributed by atoms with Crippen molar-refractivity contribution in [1.29, 1.82) is 0 Å². The van der Waals surface area contributed by atoms with Crippen LogP contribution in [0.4, 0.5) is 0 Å². The van der Waals surface area contributed by atoms with Crippen LogP contribution in [-0.2, 0) is 39.7 Å². The molecule has 0 N–H and O–H groups in total. The van der Waals surface area contributed by atoms with E-state index in [4.69, 9.17) is 37.9 Å². The van der Waals surface area contributed by atoms with E-state index in [2.05, 4.69) is 71.3 Å². The fourth-order valence-corrected chi connectivity index (χ4v) is 4.21. The van der Waals surface area contributed by atoms with Gasteiger partial charge in [0.15, 0.2) is 0 Å². The molecule has 9 heteroatoms. The number of rotatable bonds is 26. The van der Waals surface area contributed by atoms with E-state index < -0.39 is 0 Å². The molecule has 0 spiro atoms. The zero-order valence-corrected chi connectivity index (χ0v) is 27.5. The summed E-state index contributed by atoms with van der Waals surface area (Å²) in [6, 6.07) is 13.2. The van der Waals surface area contributed by atoms with Crippen LogP contribution >= 0.6 is 0 Å². The van der Waals surface area contributed by atoms with Crippen LogP contribution in [0.5, 0.6) is 5.75 Å². The first kappa shape index (κ1) is 37.1. The van der Waals surface area contributed by atoms with Crippen LogP contribution in [0.1, 0.15) is 23.6 Å². The first-order chi connectivity index (χ1) is 20.8. The van der Waals surface area contributed by atoms with Crippen molar-refractivity contribution in [2.45, 2.75) is 27.3 Å². The molecule has 0 amide bonds. The van der Waals surface area contributed by atoms with Gasteiger partial charge in [0.1, 0.15) is 18.9 Å². The fraction of sp³-hybridized carbons (Fsp3) is 0.647. The number of ether oxygens (including phenoxy) is 8. The van der Waals surface area contributed by atoms with Crippen molar-refractivity contribution in [2.75, 3.05) is 120 Å². The fourth-order valence-electron chi connectivity index (χ4n) is 4.21. The summed E-state index contributed by atoms with van der Waals surface area (Å²) in [7, 11) is 6.16. The number of hydrogen-bond acceptors (Lipinski definition) is 8. The van der Waals surface area contributed by atoms with E-state index in [1.54, 1.807) is 7.11 Å². The third-order valence-corrected chi connectivity index (χ3v) is 6.93. The average Bonchev–Trinajstić information content (AvgIpc) is 2.98. The second-order valence-corrected chi connectivity index (χ2v) is 11.1. The van der Waals surface area contributed by atoms with Crippen LogP contribution in [-0.4, -0.2) is 125 Å². The van der Waals surface area contributed by atoms with E-state index in [-0.39, 0.29) is 0 Å². The monoisotopic (exact) mass is 606 g/mol. The molecule has 0 aliphatic rings. The Morgan fingerprint density at radius 1 is 0.581 bits per heavy atom. The third-order valence-electron chi connectivity index (χ3n) is 6.93. The summed E-state index contributed by atoms with van der Waals surface area (Å²) < 4.78 is 45.0. The Hall–Kier alpha value is -2.08. The van der Waals surface area contributed by atoms with Crippen molar-refractivity contribution < 1.29 is 42.4 Å².